The third kappa shape index (κ3) is 11.3. The van der Waals surface area contributed by atoms with E-state index in [1.807, 2.05) is 67.7 Å². The quantitative estimate of drug-likeness (QED) is 0.337. The van der Waals surface area contributed by atoms with E-state index in [4.69, 9.17) is 11.1 Å². The minimum atomic E-state index is 0.621. The van der Waals surface area contributed by atoms with Crippen molar-refractivity contribution in [2.75, 3.05) is 23.9 Å². The molecule has 25 heavy (non-hydrogen) atoms. The van der Waals surface area contributed by atoms with E-state index in [2.05, 4.69) is 10.3 Å². The molecule has 6 heteroatoms. The molecule has 0 heterocycles. The van der Waals surface area contributed by atoms with Crippen LogP contribution in [-0.2, 0) is 0 Å². The second-order valence-electron chi connectivity index (χ2n) is 4.95. The molecule has 0 unspecified atom stereocenters. The minimum Gasteiger partial charge on any atom is -0.388 e. The van der Waals surface area contributed by atoms with Crippen molar-refractivity contribution in [2.24, 2.45) is 10.7 Å². The van der Waals surface area contributed by atoms with Crippen molar-refractivity contribution in [3.05, 3.63) is 60.7 Å². The number of anilines is 1. The van der Waals surface area contributed by atoms with Crippen molar-refractivity contribution in [2.45, 2.75) is 12.8 Å². The molecule has 2 aromatic carbocycles. The fourth-order valence-corrected chi connectivity index (χ4v) is 3.01. The monoisotopic (exact) mass is 374 g/mol. The Bertz CT molecular complexity index is 603. The molecule has 0 radical (unpaired) electrons. The first-order valence-electron chi connectivity index (χ1n) is 8.11. The number of nitrogens with two attached hydrogens (primary N) is 1. The van der Waals surface area contributed by atoms with Crippen LogP contribution in [0.15, 0.2) is 65.7 Å². The van der Waals surface area contributed by atoms with Crippen molar-refractivity contribution < 1.29 is 0 Å². The van der Waals surface area contributed by atoms with Crippen LogP contribution in [0.1, 0.15) is 12.8 Å². The molecule has 4 nitrogen and oxygen atoms in total. The van der Waals surface area contributed by atoms with Gasteiger partial charge in [0.1, 0.15) is 0 Å². The Hall–Kier alpha value is -1.92. The van der Waals surface area contributed by atoms with Gasteiger partial charge in [-0.1, -0.05) is 48.2 Å². The number of nitrogens with one attached hydrogen (secondary N) is 2. The maximum Gasteiger partial charge on any atom is 0.159 e. The summed E-state index contributed by atoms with van der Waals surface area (Å²) in [6.07, 6.45) is 2.22. The standard InChI is InChI=1S/C12H17N3S2.C7H9N/c13-10-16-8-4-5-9-17-12(14)15-11-6-2-1-3-7-11;1-8-7-5-3-2-4-6-7/h1-3,6-7,10,13H,4-5,8-9H2,(H2,14,15);2-6,8H,1H3. The van der Waals surface area contributed by atoms with E-state index in [1.54, 1.807) is 23.5 Å². The van der Waals surface area contributed by atoms with Gasteiger partial charge >= 0.3 is 0 Å². The Morgan fingerprint density at radius 3 is 2.20 bits per heavy atom. The van der Waals surface area contributed by atoms with E-state index in [-0.39, 0.29) is 0 Å². The van der Waals surface area contributed by atoms with Gasteiger partial charge in [0.05, 0.1) is 11.2 Å². The predicted molar refractivity (Wildman–Crippen MR) is 117 cm³/mol. The molecule has 0 aliphatic rings. The lowest BCUT2D eigenvalue weighted by molar-refractivity contribution is 0.911. The zero-order valence-corrected chi connectivity index (χ0v) is 16.2. The maximum absolute atomic E-state index is 6.87. The van der Waals surface area contributed by atoms with Crippen LogP contribution in [0.5, 0.6) is 0 Å². The number of rotatable bonds is 8. The zero-order chi connectivity index (χ0) is 18.2. The number of aliphatic imine (C=N–C) groups is 1. The zero-order valence-electron chi connectivity index (χ0n) is 14.5. The fraction of sp³-hybridized carbons (Fsp3) is 0.263. The topological polar surface area (TPSA) is 74.3 Å². The summed E-state index contributed by atoms with van der Waals surface area (Å²) in [5, 5.41) is 10.5. The van der Waals surface area contributed by atoms with Crippen LogP contribution < -0.4 is 11.1 Å². The molecule has 0 bridgehead atoms. The summed E-state index contributed by atoms with van der Waals surface area (Å²) in [5.74, 6) is 2.00. The number of nitrogens with zero attached hydrogens (tertiary/aromatic N) is 1. The normalized spacial score (nSPS) is 10.5. The van der Waals surface area contributed by atoms with Gasteiger partial charge in [-0.25, -0.2) is 4.99 Å². The second-order valence-corrected chi connectivity index (χ2v) is 7.04. The number of benzene rings is 2. The van der Waals surface area contributed by atoms with E-state index >= 15 is 0 Å². The Morgan fingerprint density at radius 1 is 1.04 bits per heavy atom. The van der Waals surface area contributed by atoms with Gasteiger partial charge in [-0.2, -0.15) is 0 Å². The number of amidine groups is 1. The van der Waals surface area contributed by atoms with Crippen LogP contribution in [0.25, 0.3) is 0 Å². The smallest absolute Gasteiger partial charge is 0.159 e. The largest absolute Gasteiger partial charge is 0.388 e. The highest BCUT2D eigenvalue weighted by molar-refractivity contribution is 8.13. The lowest BCUT2D eigenvalue weighted by atomic mass is 10.3. The van der Waals surface area contributed by atoms with E-state index in [1.165, 1.54) is 5.55 Å². The molecule has 134 valence electrons. The SMILES string of the molecule is CNc1ccccc1.N=CSCCCCSC(N)=Nc1ccccc1. The summed E-state index contributed by atoms with van der Waals surface area (Å²) >= 11 is 3.13. The van der Waals surface area contributed by atoms with Crippen LogP contribution in [-0.4, -0.2) is 29.3 Å². The summed E-state index contributed by atoms with van der Waals surface area (Å²) < 4.78 is 0. The lowest BCUT2D eigenvalue weighted by Gasteiger charge is -2.00. The number of para-hydroxylation sites is 2. The Kier molecular flexibility index (Phi) is 12.2. The highest BCUT2D eigenvalue weighted by Gasteiger charge is 1.95. The van der Waals surface area contributed by atoms with Crippen molar-refractivity contribution in [3.8, 4) is 0 Å². The van der Waals surface area contributed by atoms with E-state index in [0.717, 1.165) is 35.7 Å². The third-order valence-electron chi connectivity index (χ3n) is 3.05. The van der Waals surface area contributed by atoms with Crippen LogP contribution in [0.2, 0.25) is 0 Å². The summed E-state index contributed by atoms with van der Waals surface area (Å²) in [6.45, 7) is 0. The first-order chi connectivity index (χ1) is 12.3. The fourth-order valence-electron chi connectivity index (χ4n) is 1.79. The molecule has 0 saturated heterocycles. The summed E-state index contributed by atoms with van der Waals surface area (Å²) in [6, 6.07) is 19.8. The third-order valence-corrected chi connectivity index (χ3v) is 4.62. The van der Waals surface area contributed by atoms with Gasteiger partial charge in [-0.3, -0.25) is 0 Å². The molecule has 0 amide bonds. The maximum atomic E-state index is 6.87. The van der Waals surface area contributed by atoms with Crippen LogP contribution >= 0.6 is 23.5 Å². The molecule has 4 N–H and O–H groups in total. The van der Waals surface area contributed by atoms with Crippen molar-refractivity contribution >= 4 is 45.6 Å². The number of thioether (sulfide) groups is 2. The molecule has 0 spiro atoms. The van der Waals surface area contributed by atoms with E-state index in [0.29, 0.717) is 5.17 Å². The van der Waals surface area contributed by atoms with Crippen molar-refractivity contribution in [1.82, 2.24) is 0 Å². The lowest BCUT2D eigenvalue weighted by Crippen LogP contribution is -2.06. The Labute approximate surface area is 159 Å². The molecule has 0 saturated carbocycles. The van der Waals surface area contributed by atoms with Gasteiger partial charge in [0.15, 0.2) is 5.17 Å². The van der Waals surface area contributed by atoms with E-state index in [9.17, 15) is 0 Å². The van der Waals surface area contributed by atoms with Gasteiger partial charge < -0.3 is 16.5 Å². The molecule has 0 aromatic heterocycles. The van der Waals surface area contributed by atoms with Crippen LogP contribution in [0.4, 0.5) is 11.4 Å². The van der Waals surface area contributed by atoms with E-state index < -0.39 is 0 Å². The molecular formula is C19H26N4S2. The molecule has 2 rings (SSSR count). The van der Waals surface area contributed by atoms with Crippen LogP contribution in [0, 0.1) is 5.41 Å². The van der Waals surface area contributed by atoms with Gasteiger partial charge in [0, 0.05) is 18.5 Å². The minimum absolute atomic E-state index is 0.621. The first-order valence-corrected chi connectivity index (χ1v) is 10.1. The highest BCUT2D eigenvalue weighted by Crippen LogP contribution is 2.14. The molecule has 2 aromatic rings. The summed E-state index contributed by atoms with van der Waals surface area (Å²) in [5.41, 5.74) is 9.27. The Balaban J connectivity index is 0.000000324. The van der Waals surface area contributed by atoms with Crippen molar-refractivity contribution in [1.29, 1.82) is 5.41 Å². The summed E-state index contributed by atoms with van der Waals surface area (Å²) in [4.78, 5) is 4.31. The van der Waals surface area contributed by atoms with Gasteiger partial charge in [-0.15, -0.1) is 11.8 Å². The van der Waals surface area contributed by atoms with Crippen LogP contribution in [0.3, 0.4) is 0 Å². The van der Waals surface area contributed by atoms with Gasteiger partial charge in [-0.05, 0) is 42.9 Å². The molecule has 0 atom stereocenters. The highest BCUT2D eigenvalue weighted by atomic mass is 32.2. The first kappa shape index (κ1) is 21.1. The second kappa shape index (κ2) is 14.4. The number of hydrogen-bond acceptors (Lipinski definition) is 5. The molecule has 0 aliphatic carbocycles. The average Bonchev–Trinajstić information content (AvgIpc) is 2.66. The Morgan fingerprint density at radius 2 is 1.64 bits per heavy atom. The molecule has 0 aliphatic heterocycles. The number of hydrogen-bond donors (Lipinski definition) is 3. The van der Waals surface area contributed by atoms with Gasteiger partial charge in [0.2, 0.25) is 0 Å². The molecule has 0 fully saturated rings. The van der Waals surface area contributed by atoms with Crippen molar-refractivity contribution in [3.63, 3.8) is 0 Å². The average molecular weight is 375 g/mol. The number of unbranched alkanes of at least 4 members (excludes halogenated alkanes) is 1. The molecular weight excluding hydrogens is 348 g/mol. The predicted octanol–water partition coefficient (Wildman–Crippen LogP) is 5.21. The summed E-state index contributed by atoms with van der Waals surface area (Å²) in [7, 11) is 1.91. The van der Waals surface area contributed by atoms with Gasteiger partial charge in [0.25, 0.3) is 0 Å².